The second-order valence-corrected chi connectivity index (χ2v) is 2.19. The van der Waals surface area contributed by atoms with Gasteiger partial charge in [-0.3, -0.25) is 0 Å². The molecule has 0 heterocycles. The summed E-state index contributed by atoms with van der Waals surface area (Å²) in [4.78, 5) is 0. The zero-order valence-electron chi connectivity index (χ0n) is 6.30. The van der Waals surface area contributed by atoms with Crippen molar-refractivity contribution < 1.29 is 0 Å². The van der Waals surface area contributed by atoms with Crippen LogP contribution in [-0.2, 0) is 6.54 Å². The van der Waals surface area contributed by atoms with Gasteiger partial charge in [-0.2, -0.15) is 0 Å². The monoisotopic (exact) mass is 138 g/mol. The Morgan fingerprint density at radius 3 is 2.10 bits per heavy atom. The van der Waals surface area contributed by atoms with Crippen molar-refractivity contribution in [3.05, 3.63) is 35.4 Å². The van der Waals surface area contributed by atoms with E-state index in [1.54, 1.807) is 0 Å². The Kier molecular flexibility index (Phi) is 3.69. The fourth-order valence-electron chi connectivity index (χ4n) is 0.724. The molecule has 2 heteroatoms. The van der Waals surface area contributed by atoms with E-state index in [2.05, 4.69) is 31.2 Å². The van der Waals surface area contributed by atoms with E-state index in [-0.39, 0.29) is 6.15 Å². The number of aryl methyl sites for hydroxylation is 1. The van der Waals surface area contributed by atoms with Gasteiger partial charge in [-0.05, 0) is 12.5 Å². The third-order valence-electron chi connectivity index (χ3n) is 1.36. The van der Waals surface area contributed by atoms with Crippen molar-refractivity contribution in [1.82, 2.24) is 6.15 Å². The summed E-state index contributed by atoms with van der Waals surface area (Å²) in [6, 6.07) is 8.25. The summed E-state index contributed by atoms with van der Waals surface area (Å²) < 4.78 is 0. The predicted octanol–water partition coefficient (Wildman–Crippen LogP) is 1.62. The molecule has 2 nitrogen and oxygen atoms in total. The van der Waals surface area contributed by atoms with Gasteiger partial charge in [0.2, 0.25) is 0 Å². The maximum Gasteiger partial charge on any atom is 0.0178 e. The van der Waals surface area contributed by atoms with E-state index in [4.69, 9.17) is 5.73 Å². The fraction of sp³-hybridized carbons (Fsp3) is 0.250. The molecule has 0 aliphatic carbocycles. The minimum atomic E-state index is 0. The Morgan fingerprint density at radius 2 is 1.70 bits per heavy atom. The highest BCUT2D eigenvalue weighted by atomic mass is 14.5. The van der Waals surface area contributed by atoms with Gasteiger partial charge < -0.3 is 11.9 Å². The summed E-state index contributed by atoms with van der Waals surface area (Å²) in [6.45, 7) is 2.71. The summed E-state index contributed by atoms with van der Waals surface area (Å²) >= 11 is 0. The van der Waals surface area contributed by atoms with Gasteiger partial charge in [0.25, 0.3) is 0 Å². The quantitative estimate of drug-likeness (QED) is 0.619. The third-order valence-corrected chi connectivity index (χ3v) is 1.36. The Labute approximate surface area is 61.6 Å². The molecule has 0 atom stereocenters. The van der Waals surface area contributed by atoms with Crippen LogP contribution < -0.4 is 11.9 Å². The van der Waals surface area contributed by atoms with Crippen LogP contribution in [0.15, 0.2) is 24.3 Å². The van der Waals surface area contributed by atoms with Crippen LogP contribution in [-0.4, -0.2) is 0 Å². The van der Waals surface area contributed by atoms with Crippen LogP contribution >= 0.6 is 0 Å². The van der Waals surface area contributed by atoms with Crippen molar-refractivity contribution in [3.63, 3.8) is 0 Å². The average molecular weight is 138 g/mol. The molecule has 0 aliphatic heterocycles. The lowest BCUT2D eigenvalue weighted by Gasteiger charge is -1.94. The molecule has 0 aliphatic rings. The smallest absolute Gasteiger partial charge is 0.0178 e. The number of hydrogen-bond donors (Lipinski definition) is 2. The standard InChI is InChI=1S/C8H11N.H3N/c1-7-2-4-8(6-9)5-3-7;/h2-5H,6,9H2,1H3;1H3. The normalized spacial score (nSPS) is 8.60. The molecular weight excluding hydrogens is 124 g/mol. The van der Waals surface area contributed by atoms with Crippen molar-refractivity contribution >= 4 is 0 Å². The van der Waals surface area contributed by atoms with E-state index in [0.29, 0.717) is 6.54 Å². The highest BCUT2D eigenvalue weighted by molar-refractivity contribution is 5.20. The van der Waals surface area contributed by atoms with Gasteiger partial charge in [-0.1, -0.05) is 29.8 Å². The molecular formula is C8H14N2. The Hall–Kier alpha value is -0.860. The van der Waals surface area contributed by atoms with E-state index in [0.717, 1.165) is 0 Å². The SMILES string of the molecule is Cc1ccc(CN)cc1.N. The zero-order valence-corrected chi connectivity index (χ0v) is 6.30. The van der Waals surface area contributed by atoms with Gasteiger partial charge in [-0.15, -0.1) is 0 Å². The summed E-state index contributed by atoms with van der Waals surface area (Å²) in [6.07, 6.45) is 0. The van der Waals surface area contributed by atoms with Crippen LogP contribution in [0.1, 0.15) is 11.1 Å². The van der Waals surface area contributed by atoms with Crippen molar-refractivity contribution in [3.8, 4) is 0 Å². The lowest BCUT2D eigenvalue weighted by Crippen LogP contribution is -1.94. The highest BCUT2D eigenvalue weighted by Crippen LogP contribution is 2.00. The number of benzene rings is 1. The molecule has 10 heavy (non-hydrogen) atoms. The van der Waals surface area contributed by atoms with E-state index in [1.165, 1.54) is 11.1 Å². The molecule has 56 valence electrons. The van der Waals surface area contributed by atoms with Gasteiger partial charge in [-0.25, -0.2) is 0 Å². The number of hydrogen-bond acceptors (Lipinski definition) is 2. The molecule has 0 unspecified atom stereocenters. The van der Waals surface area contributed by atoms with Crippen LogP contribution in [0.25, 0.3) is 0 Å². The minimum Gasteiger partial charge on any atom is -0.344 e. The Morgan fingerprint density at radius 1 is 1.20 bits per heavy atom. The lowest BCUT2D eigenvalue weighted by molar-refractivity contribution is 1.07. The number of nitrogens with two attached hydrogens (primary N) is 1. The first-order valence-corrected chi connectivity index (χ1v) is 3.08. The summed E-state index contributed by atoms with van der Waals surface area (Å²) in [5.41, 5.74) is 7.88. The van der Waals surface area contributed by atoms with Gasteiger partial charge in [0.15, 0.2) is 0 Å². The molecule has 0 saturated carbocycles. The molecule has 0 fully saturated rings. The maximum atomic E-state index is 5.40. The highest BCUT2D eigenvalue weighted by Gasteiger charge is 1.84. The second kappa shape index (κ2) is 4.04. The van der Waals surface area contributed by atoms with Crippen LogP contribution in [0.4, 0.5) is 0 Å². The summed E-state index contributed by atoms with van der Waals surface area (Å²) in [5.74, 6) is 0. The Balaban J connectivity index is 0.000000810. The van der Waals surface area contributed by atoms with Gasteiger partial charge in [0, 0.05) is 6.54 Å². The summed E-state index contributed by atoms with van der Waals surface area (Å²) in [7, 11) is 0. The van der Waals surface area contributed by atoms with Gasteiger partial charge in [0.1, 0.15) is 0 Å². The second-order valence-electron chi connectivity index (χ2n) is 2.19. The van der Waals surface area contributed by atoms with E-state index in [9.17, 15) is 0 Å². The topological polar surface area (TPSA) is 61.0 Å². The largest absolute Gasteiger partial charge is 0.344 e. The Bertz CT molecular complexity index is 179. The molecule has 1 rings (SSSR count). The molecule has 0 aromatic heterocycles. The molecule has 0 bridgehead atoms. The number of rotatable bonds is 1. The predicted molar refractivity (Wildman–Crippen MR) is 44.1 cm³/mol. The lowest BCUT2D eigenvalue weighted by atomic mass is 10.2. The van der Waals surface area contributed by atoms with Crippen molar-refractivity contribution in [2.24, 2.45) is 5.73 Å². The molecule has 1 aromatic carbocycles. The molecule has 5 N–H and O–H groups in total. The van der Waals surface area contributed by atoms with E-state index >= 15 is 0 Å². The van der Waals surface area contributed by atoms with Crippen molar-refractivity contribution in [2.45, 2.75) is 13.5 Å². The van der Waals surface area contributed by atoms with E-state index in [1.807, 2.05) is 0 Å². The molecule has 0 radical (unpaired) electrons. The fourth-order valence-corrected chi connectivity index (χ4v) is 0.724. The molecule has 0 saturated heterocycles. The van der Waals surface area contributed by atoms with Crippen molar-refractivity contribution in [1.29, 1.82) is 0 Å². The molecule has 0 spiro atoms. The average Bonchev–Trinajstić information content (AvgIpc) is 1.90. The minimum absolute atomic E-state index is 0. The van der Waals surface area contributed by atoms with Crippen LogP contribution in [0.2, 0.25) is 0 Å². The first kappa shape index (κ1) is 9.14. The summed E-state index contributed by atoms with van der Waals surface area (Å²) in [5, 5.41) is 0. The zero-order chi connectivity index (χ0) is 6.69. The first-order valence-electron chi connectivity index (χ1n) is 3.08. The van der Waals surface area contributed by atoms with Crippen LogP contribution in [0.5, 0.6) is 0 Å². The first-order chi connectivity index (χ1) is 4.33. The van der Waals surface area contributed by atoms with Gasteiger partial charge in [0.05, 0.1) is 0 Å². The van der Waals surface area contributed by atoms with Crippen LogP contribution in [0.3, 0.4) is 0 Å². The maximum absolute atomic E-state index is 5.40. The van der Waals surface area contributed by atoms with Crippen LogP contribution in [0, 0.1) is 6.92 Å². The van der Waals surface area contributed by atoms with Crippen molar-refractivity contribution in [2.75, 3.05) is 0 Å². The third kappa shape index (κ3) is 2.17. The van der Waals surface area contributed by atoms with Gasteiger partial charge >= 0.3 is 0 Å². The molecule has 0 amide bonds. The van der Waals surface area contributed by atoms with E-state index < -0.39 is 0 Å². The molecule has 1 aromatic rings.